The highest BCUT2D eigenvalue weighted by atomic mass is 16.7. The number of ether oxygens (including phenoxy) is 4. The molecule has 50 heavy (non-hydrogen) atoms. The van der Waals surface area contributed by atoms with Gasteiger partial charge in [0.15, 0.2) is 0 Å². The van der Waals surface area contributed by atoms with Gasteiger partial charge in [0.05, 0.1) is 49.2 Å². The van der Waals surface area contributed by atoms with Crippen LogP contribution in [-0.4, -0.2) is 74.8 Å². The van der Waals surface area contributed by atoms with Gasteiger partial charge in [-0.15, -0.1) is 0 Å². The molecule has 1 N–H and O–H groups in total. The Hall–Kier alpha value is -4.35. The van der Waals surface area contributed by atoms with E-state index >= 15 is 0 Å². The van der Waals surface area contributed by atoms with Crippen molar-refractivity contribution in [3.05, 3.63) is 60.2 Å². The first-order valence-corrected chi connectivity index (χ1v) is 17.2. The molecule has 0 aliphatic carbocycles. The SMILES string of the molecule is CCC(C)(CC(CC(CC(C)(C)C(=O)ON=Cc1c2ccccc2cc2ccccc12)C(=O)OCCCCO)C(=O)OCC1CO1)C(=O)OC. The number of aliphatic hydroxyl groups is 1. The minimum atomic E-state index is -1.24. The molecule has 11 nitrogen and oxygen atoms in total. The van der Waals surface area contributed by atoms with Gasteiger partial charge in [0.25, 0.3) is 0 Å². The Balaban J connectivity index is 1.56. The summed E-state index contributed by atoms with van der Waals surface area (Å²) < 4.78 is 21.4. The van der Waals surface area contributed by atoms with Crippen LogP contribution in [0.5, 0.6) is 0 Å². The molecule has 11 heteroatoms. The molecule has 0 aromatic heterocycles. The number of benzene rings is 3. The molecular formula is C39H49NO10. The lowest BCUT2D eigenvalue weighted by Crippen LogP contribution is -2.37. The number of oxime groups is 1. The zero-order valence-corrected chi connectivity index (χ0v) is 29.6. The Kier molecular flexibility index (Phi) is 13.5. The van der Waals surface area contributed by atoms with Crippen molar-refractivity contribution in [2.45, 2.75) is 72.3 Å². The van der Waals surface area contributed by atoms with Crippen LogP contribution in [0.1, 0.15) is 71.8 Å². The predicted octanol–water partition coefficient (Wildman–Crippen LogP) is 6.15. The Morgan fingerprint density at radius 3 is 2.10 bits per heavy atom. The molecule has 0 saturated carbocycles. The summed E-state index contributed by atoms with van der Waals surface area (Å²) in [6, 6.07) is 17.9. The first-order chi connectivity index (χ1) is 23.9. The van der Waals surface area contributed by atoms with E-state index in [9.17, 15) is 24.3 Å². The number of unbranched alkanes of at least 4 members (excludes halogenated alkanes) is 1. The van der Waals surface area contributed by atoms with Crippen molar-refractivity contribution in [2.24, 2.45) is 27.8 Å². The minimum absolute atomic E-state index is 0.0338. The Labute approximate surface area is 293 Å². The average molecular weight is 692 g/mol. The number of hydrogen-bond donors (Lipinski definition) is 1. The van der Waals surface area contributed by atoms with Crippen LogP contribution in [0.15, 0.2) is 59.8 Å². The molecule has 270 valence electrons. The molecule has 4 unspecified atom stereocenters. The van der Waals surface area contributed by atoms with E-state index in [1.807, 2.05) is 55.5 Å². The molecule has 3 aromatic carbocycles. The summed E-state index contributed by atoms with van der Waals surface area (Å²) in [6.07, 6.45) is 2.61. The molecule has 0 bridgehead atoms. The fraction of sp³-hybridized carbons (Fsp3) is 0.513. The number of carbonyl (C=O) groups is 4. The summed E-state index contributed by atoms with van der Waals surface area (Å²) in [5.41, 5.74) is -1.46. The van der Waals surface area contributed by atoms with E-state index < -0.39 is 46.5 Å². The third-order valence-corrected chi connectivity index (χ3v) is 9.44. The molecule has 4 rings (SSSR count). The van der Waals surface area contributed by atoms with Gasteiger partial charge in [-0.1, -0.05) is 60.6 Å². The lowest BCUT2D eigenvalue weighted by Gasteiger charge is -2.32. The molecular weight excluding hydrogens is 642 g/mol. The number of methoxy groups -OCH3 is 1. The number of rotatable bonds is 19. The summed E-state index contributed by atoms with van der Waals surface area (Å²) in [5, 5.41) is 17.2. The lowest BCUT2D eigenvalue weighted by molar-refractivity contribution is -0.160. The molecule has 1 fully saturated rings. The normalized spacial score (nSPS) is 16.8. The second-order valence-corrected chi connectivity index (χ2v) is 13.9. The predicted molar refractivity (Wildman–Crippen MR) is 188 cm³/mol. The van der Waals surface area contributed by atoms with Crippen molar-refractivity contribution in [1.82, 2.24) is 0 Å². The maximum absolute atomic E-state index is 13.6. The van der Waals surface area contributed by atoms with Gasteiger partial charge in [0.2, 0.25) is 0 Å². The van der Waals surface area contributed by atoms with E-state index in [2.05, 4.69) is 11.2 Å². The Morgan fingerprint density at radius 1 is 0.920 bits per heavy atom. The second kappa shape index (κ2) is 17.5. The van der Waals surface area contributed by atoms with Crippen molar-refractivity contribution in [1.29, 1.82) is 0 Å². The van der Waals surface area contributed by atoms with Crippen LogP contribution < -0.4 is 0 Å². The number of fused-ring (bicyclic) bond motifs is 2. The zero-order valence-electron chi connectivity index (χ0n) is 29.6. The third kappa shape index (κ3) is 10.1. The first kappa shape index (κ1) is 38.5. The highest BCUT2D eigenvalue weighted by Gasteiger charge is 2.43. The zero-order chi connectivity index (χ0) is 36.3. The van der Waals surface area contributed by atoms with Crippen LogP contribution in [0.25, 0.3) is 21.5 Å². The average Bonchev–Trinajstić information content (AvgIpc) is 3.95. The van der Waals surface area contributed by atoms with Crippen LogP contribution >= 0.6 is 0 Å². The topological polar surface area (TPSA) is 150 Å². The van der Waals surface area contributed by atoms with Crippen LogP contribution in [0.3, 0.4) is 0 Å². The summed E-state index contributed by atoms with van der Waals surface area (Å²) >= 11 is 0. The van der Waals surface area contributed by atoms with E-state index in [1.54, 1.807) is 20.8 Å². The van der Waals surface area contributed by atoms with E-state index in [1.165, 1.54) is 13.3 Å². The van der Waals surface area contributed by atoms with Crippen molar-refractivity contribution in [3.8, 4) is 0 Å². The molecule has 0 amide bonds. The van der Waals surface area contributed by atoms with Gasteiger partial charge in [-0.05, 0) is 86.9 Å². The molecule has 0 spiro atoms. The van der Waals surface area contributed by atoms with Crippen molar-refractivity contribution >= 4 is 51.6 Å². The lowest BCUT2D eigenvalue weighted by atomic mass is 9.73. The van der Waals surface area contributed by atoms with Gasteiger partial charge in [0.1, 0.15) is 12.7 Å². The van der Waals surface area contributed by atoms with Crippen molar-refractivity contribution < 1.29 is 48.1 Å². The van der Waals surface area contributed by atoms with Gasteiger partial charge < -0.3 is 28.9 Å². The van der Waals surface area contributed by atoms with E-state index in [4.69, 9.17) is 23.8 Å². The number of hydrogen-bond acceptors (Lipinski definition) is 11. The van der Waals surface area contributed by atoms with Crippen molar-refractivity contribution in [2.75, 3.05) is 33.5 Å². The largest absolute Gasteiger partial charge is 0.469 e. The Morgan fingerprint density at radius 2 is 1.52 bits per heavy atom. The molecule has 3 aromatic rings. The summed E-state index contributed by atoms with van der Waals surface area (Å²) in [6.45, 7) is 7.40. The van der Waals surface area contributed by atoms with Crippen molar-refractivity contribution in [3.63, 3.8) is 0 Å². The Bertz CT molecular complexity index is 1630. The third-order valence-electron chi connectivity index (χ3n) is 9.44. The maximum Gasteiger partial charge on any atom is 0.340 e. The summed E-state index contributed by atoms with van der Waals surface area (Å²) in [5.74, 6) is -4.16. The fourth-order valence-electron chi connectivity index (χ4n) is 6.13. The fourth-order valence-corrected chi connectivity index (χ4v) is 6.13. The van der Waals surface area contributed by atoms with Gasteiger partial charge in [0, 0.05) is 12.2 Å². The van der Waals surface area contributed by atoms with Gasteiger partial charge in [-0.3, -0.25) is 14.4 Å². The number of esters is 3. The number of aliphatic hydroxyl groups excluding tert-OH is 1. The standard InChI is InChI=1S/C39H49NO10/c1-6-39(4,37(45)46-5)22-29(35(43)49-25-30-24-48-30)20-28(34(42)47-18-12-11-17-41)21-38(2,3)36(44)50-40-23-33-31-15-9-7-13-26(31)19-27-14-8-10-16-32(27)33/h7-10,13-16,19,23,28-30,41H,6,11-12,17-18,20-22,24-25H2,1-5H3. The van der Waals surface area contributed by atoms with E-state index in [0.29, 0.717) is 25.9 Å². The molecule has 1 aliphatic heterocycles. The van der Waals surface area contributed by atoms with Crippen LogP contribution in [0, 0.1) is 22.7 Å². The van der Waals surface area contributed by atoms with E-state index in [0.717, 1.165) is 27.1 Å². The highest BCUT2D eigenvalue weighted by molar-refractivity contribution is 6.13. The minimum Gasteiger partial charge on any atom is -0.469 e. The van der Waals surface area contributed by atoms with Crippen LogP contribution in [-0.2, 0) is 43.0 Å². The summed E-state index contributed by atoms with van der Waals surface area (Å²) in [7, 11) is 1.29. The highest BCUT2D eigenvalue weighted by Crippen LogP contribution is 2.38. The smallest absolute Gasteiger partial charge is 0.340 e. The first-order valence-electron chi connectivity index (χ1n) is 17.2. The second-order valence-electron chi connectivity index (χ2n) is 13.9. The van der Waals surface area contributed by atoms with Crippen LogP contribution in [0.2, 0.25) is 0 Å². The maximum atomic E-state index is 13.6. The quantitative estimate of drug-likeness (QED) is 0.0227. The molecule has 1 aliphatic rings. The van der Waals surface area contributed by atoms with Gasteiger partial charge in [-0.25, -0.2) is 4.79 Å². The number of nitrogens with zero attached hydrogens (tertiary/aromatic N) is 1. The molecule has 1 heterocycles. The number of carbonyl (C=O) groups excluding carboxylic acids is 4. The molecule has 0 radical (unpaired) electrons. The summed E-state index contributed by atoms with van der Waals surface area (Å²) in [4.78, 5) is 58.9. The van der Waals surface area contributed by atoms with Crippen LogP contribution in [0.4, 0.5) is 0 Å². The van der Waals surface area contributed by atoms with E-state index in [-0.39, 0.29) is 45.2 Å². The van der Waals surface area contributed by atoms with Gasteiger partial charge in [-0.2, -0.15) is 0 Å². The van der Waals surface area contributed by atoms with Gasteiger partial charge >= 0.3 is 23.9 Å². The monoisotopic (exact) mass is 691 g/mol. The molecule has 4 atom stereocenters. The molecule has 1 saturated heterocycles. The number of epoxide rings is 1.